The number of hydrogen-bond donors (Lipinski definition) is 0. The summed E-state index contributed by atoms with van der Waals surface area (Å²) in [5.74, 6) is -3.08. The van der Waals surface area contributed by atoms with Gasteiger partial charge >= 0.3 is 5.76 Å². The van der Waals surface area contributed by atoms with E-state index in [-0.39, 0.29) is 27.2 Å². The van der Waals surface area contributed by atoms with Crippen LogP contribution in [0.5, 0.6) is 0 Å². The Hall–Kier alpha value is -2.18. The summed E-state index contributed by atoms with van der Waals surface area (Å²) in [6.07, 6.45) is 0. The Kier molecular flexibility index (Phi) is 3.72. The monoisotopic (exact) mass is 342 g/mol. The van der Waals surface area contributed by atoms with Crippen molar-refractivity contribution in [2.45, 2.75) is 0 Å². The van der Waals surface area contributed by atoms with Crippen molar-refractivity contribution in [3.63, 3.8) is 0 Å². The highest BCUT2D eigenvalue weighted by atomic mass is 35.5. The molecule has 22 heavy (non-hydrogen) atoms. The van der Waals surface area contributed by atoms with Crippen LogP contribution < -0.4 is 5.76 Å². The molecule has 0 amide bonds. The highest BCUT2D eigenvalue weighted by Crippen LogP contribution is 2.30. The molecule has 0 N–H and O–H groups in total. The van der Waals surface area contributed by atoms with Crippen LogP contribution in [0, 0.1) is 11.6 Å². The van der Waals surface area contributed by atoms with Gasteiger partial charge in [0.15, 0.2) is 0 Å². The summed E-state index contributed by atoms with van der Waals surface area (Å²) in [7, 11) is 0. The lowest BCUT2D eigenvalue weighted by atomic mass is 10.2. The number of para-hydroxylation sites is 1. The van der Waals surface area contributed by atoms with Gasteiger partial charge in [-0.25, -0.2) is 13.6 Å². The molecule has 0 unspecified atom stereocenters. The van der Waals surface area contributed by atoms with Gasteiger partial charge in [0.1, 0.15) is 11.6 Å². The van der Waals surface area contributed by atoms with Gasteiger partial charge in [-0.3, -0.25) is 0 Å². The van der Waals surface area contributed by atoms with Gasteiger partial charge in [-0.05, 0) is 18.2 Å². The maximum Gasteiger partial charge on any atom is 0.442 e. The number of nitrogens with zero attached hydrogens (tertiary/aromatic N) is 2. The zero-order valence-electron chi connectivity index (χ0n) is 10.7. The van der Waals surface area contributed by atoms with E-state index in [4.69, 9.17) is 27.6 Å². The topological polar surface area (TPSA) is 48.0 Å². The molecule has 1 heterocycles. The van der Waals surface area contributed by atoms with Crippen molar-refractivity contribution in [2.75, 3.05) is 0 Å². The van der Waals surface area contributed by atoms with Gasteiger partial charge in [0.2, 0.25) is 0 Å². The summed E-state index contributed by atoms with van der Waals surface area (Å²) < 4.78 is 32.7. The molecular weight excluding hydrogens is 337 g/mol. The molecule has 0 bridgehead atoms. The minimum absolute atomic E-state index is 0.259. The van der Waals surface area contributed by atoms with Crippen LogP contribution in [0.4, 0.5) is 8.78 Å². The molecule has 8 heteroatoms. The van der Waals surface area contributed by atoms with Gasteiger partial charge in [0, 0.05) is 6.07 Å². The summed E-state index contributed by atoms with van der Waals surface area (Å²) in [4.78, 5) is 11.9. The smallest absolute Gasteiger partial charge is 0.387 e. The van der Waals surface area contributed by atoms with Crippen molar-refractivity contribution < 1.29 is 13.2 Å². The molecule has 2 aromatic carbocycles. The van der Waals surface area contributed by atoms with Crippen LogP contribution >= 0.6 is 23.2 Å². The lowest BCUT2D eigenvalue weighted by Crippen LogP contribution is -2.13. The summed E-state index contributed by atoms with van der Waals surface area (Å²) in [6, 6.07) is 7.94. The quantitative estimate of drug-likeness (QED) is 0.705. The summed E-state index contributed by atoms with van der Waals surface area (Å²) in [6.45, 7) is 0. The van der Waals surface area contributed by atoms with E-state index in [1.165, 1.54) is 0 Å². The average Bonchev–Trinajstić information content (AvgIpc) is 2.79. The van der Waals surface area contributed by atoms with Crippen molar-refractivity contribution >= 4 is 23.2 Å². The standard InChI is InChI=1S/C14H6Cl2F2N2O2/c15-8-3-1-2-4-11(8)20-14(21)22-13(19-20)12-9(16)5-7(17)6-10(12)18/h1-6H. The predicted octanol–water partition coefficient (Wildman–Crippen LogP) is 4.08. The highest BCUT2D eigenvalue weighted by Gasteiger charge is 2.20. The van der Waals surface area contributed by atoms with E-state index < -0.39 is 17.4 Å². The molecule has 112 valence electrons. The minimum atomic E-state index is -0.988. The maximum atomic E-state index is 13.9. The van der Waals surface area contributed by atoms with Crippen molar-refractivity contribution in [2.24, 2.45) is 0 Å². The fourth-order valence-electron chi connectivity index (χ4n) is 1.90. The summed E-state index contributed by atoms with van der Waals surface area (Å²) in [5.41, 5.74) is -0.0335. The normalized spacial score (nSPS) is 10.9. The second kappa shape index (κ2) is 5.55. The lowest BCUT2D eigenvalue weighted by Gasteiger charge is -2.02. The molecule has 0 aliphatic rings. The minimum Gasteiger partial charge on any atom is -0.387 e. The first kappa shape index (κ1) is 14.7. The van der Waals surface area contributed by atoms with Gasteiger partial charge in [0.05, 0.1) is 21.3 Å². The third-order valence-electron chi connectivity index (χ3n) is 2.85. The van der Waals surface area contributed by atoms with Crippen molar-refractivity contribution in [1.82, 2.24) is 9.78 Å². The average molecular weight is 343 g/mol. The van der Waals surface area contributed by atoms with E-state index in [1.807, 2.05) is 0 Å². The van der Waals surface area contributed by atoms with Crippen molar-refractivity contribution in [1.29, 1.82) is 0 Å². The Morgan fingerprint density at radius 2 is 1.82 bits per heavy atom. The number of halogens is 4. The van der Waals surface area contributed by atoms with E-state index in [9.17, 15) is 13.6 Å². The molecule has 0 atom stereocenters. The zero-order valence-corrected chi connectivity index (χ0v) is 12.2. The number of hydrogen-bond acceptors (Lipinski definition) is 3. The second-order valence-corrected chi connectivity index (χ2v) is 5.10. The molecule has 0 radical (unpaired) electrons. The van der Waals surface area contributed by atoms with Crippen LogP contribution in [-0.2, 0) is 0 Å². The van der Waals surface area contributed by atoms with Crippen molar-refractivity contribution in [3.8, 4) is 17.1 Å². The second-order valence-electron chi connectivity index (χ2n) is 4.28. The van der Waals surface area contributed by atoms with Crippen LogP contribution in [0.3, 0.4) is 0 Å². The van der Waals surface area contributed by atoms with Crippen LogP contribution in [0.1, 0.15) is 0 Å². The largest absolute Gasteiger partial charge is 0.442 e. The first-order valence-electron chi connectivity index (χ1n) is 5.97. The molecule has 3 aromatic rings. The first-order valence-corrected chi connectivity index (χ1v) is 6.73. The van der Waals surface area contributed by atoms with Gasteiger partial charge in [-0.2, -0.15) is 4.68 Å². The summed E-state index contributed by atoms with van der Waals surface area (Å²) in [5, 5.41) is 3.87. The van der Waals surface area contributed by atoms with Gasteiger partial charge in [-0.15, -0.1) is 5.10 Å². The number of rotatable bonds is 2. The van der Waals surface area contributed by atoms with E-state index in [1.54, 1.807) is 24.3 Å². The van der Waals surface area contributed by atoms with Crippen molar-refractivity contribution in [3.05, 3.63) is 68.6 Å². The molecule has 0 saturated carbocycles. The fraction of sp³-hybridized carbons (Fsp3) is 0. The molecule has 0 fully saturated rings. The molecule has 0 aliphatic heterocycles. The Labute approximate surface area is 132 Å². The van der Waals surface area contributed by atoms with Crippen LogP contribution in [0.2, 0.25) is 10.0 Å². The highest BCUT2D eigenvalue weighted by molar-refractivity contribution is 6.33. The maximum absolute atomic E-state index is 13.9. The summed E-state index contributed by atoms with van der Waals surface area (Å²) >= 11 is 11.8. The molecule has 4 nitrogen and oxygen atoms in total. The third-order valence-corrected chi connectivity index (χ3v) is 3.47. The van der Waals surface area contributed by atoms with Crippen LogP contribution in [0.15, 0.2) is 45.6 Å². The van der Waals surface area contributed by atoms with Crippen LogP contribution in [0.25, 0.3) is 17.1 Å². The van der Waals surface area contributed by atoms with Crippen LogP contribution in [-0.4, -0.2) is 9.78 Å². The van der Waals surface area contributed by atoms with E-state index in [0.717, 1.165) is 10.7 Å². The van der Waals surface area contributed by atoms with E-state index in [2.05, 4.69) is 5.10 Å². The molecule has 1 aromatic heterocycles. The molecule has 0 saturated heterocycles. The molecule has 0 spiro atoms. The van der Waals surface area contributed by atoms with Gasteiger partial charge < -0.3 is 4.42 Å². The van der Waals surface area contributed by atoms with E-state index >= 15 is 0 Å². The lowest BCUT2D eigenvalue weighted by molar-refractivity contribution is 0.510. The van der Waals surface area contributed by atoms with Gasteiger partial charge in [0.25, 0.3) is 5.89 Å². The number of benzene rings is 2. The SMILES string of the molecule is O=c1oc(-c2c(F)cc(F)cc2Cl)nn1-c1ccccc1Cl. The third kappa shape index (κ3) is 2.51. The van der Waals surface area contributed by atoms with Gasteiger partial charge in [-0.1, -0.05) is 35.3 Å². The Balaban J connectivity index is 2.19. The Morgan fingerprint density at radius 1 is 1.09 bits per heavy atom. The van der Waals surface area contributed by atoms with E-state index in [0.29, 0.717) is 6.07 Å². The Bertz CT molecular complexity index is 898. The molecule has 3 rings (SSSR count). The Morgan fingerprint density at radius 3 is 2.50 bits per heavy atom. The first-order chi connectivity index (χ1) is 10.5. The predicted molar refractivity (Wildman–Crippen MR) is 77.5 cm³/mol. The molecule has 0 aliphatic carbocycles. The molecular formula is C14H6Cl2F2N2O2. The zero-order chi connectivity index (χ0) is 15.9. The number of aromatic nitrogens is 2. The fourth-order valence-corrected chi connectivity index (χ4v) is 2.39.